The maximum atomic E-state index is 13.2. The molecule has 5 rings (SSSR count). The number of benzene rings is 1. The van der Waals surface area contributed by atoms with Crippen LogP contribution in [-0.4, -0.2) is 43.7 Å². The van der Waals surface area contributed by atoms with Crippen LogP contribution in [0.25, 0.3) is 21.8 Å². The molecule has 1 saturated heterocycles. The maximum Gasteiger partial charge on any atom is 0.416 e. The minimum Gasteiger partial charge on any atom is -0.494 e. The van der Waals surface area contributed by atoms with Crippen LogP contribution in [0, 0.1) is 6.92 Å². The number of nitrogens with one attached hydrogen (secondary N) is 1. The maximum absolute atomic E-state index is 13.2. The third-order valence-electron chi connectivity index (χ3n) is 6.48. The summed E-state index contributed by atoms with van der Waals surface area (Å²) in [5.41, 5.74) is 2.50. The Balaban J connectivity index is 1.60. The van der Waals surface area contributed by atoms with E-state index in [0.717, 1.165) is 53.0 Å². The van der Waals surface area contributed by atoms with Crippen LogP contribution in [0.1, 0.15) is 36.6 Å². The van der Waals surface area contributed by atoms with E-state index in [2.05, 4.69) is 10.4 Å². The van der Waals surface area contributed by atoms with E-state index in [0.29, 0.717) is 25.1 Å². The third kappa shape index (κ3) is 3.96. The van der Waals surface area contributed by atoms with Crippen LogP contribution in [0.15, 0.2) is 30.6 Å². The average Bonchev–Trinajstić information content (AvgIpc) is 3.36. The number of aryl methyl sites for hydroxylation is 2. The van der Waals surface area contributed by atoms with Crippen molar-refractivity contribution in [1.82, 2.24) is 19.3 Å². The van der Waals surface area contributed by atoms with E-state index < -0.39 is 11.7 Å². The number of hydrogen-bond donors (Lipinski definition) is 2. The molecule has 1 aliphatic rings. The molecule has 1 aromatic carbocycles. The van der Waals surface area contributed by atoms with Crippen LogP contribution in [0.4, 0.5) is 18.9 Å². The number of anilines is 1. The lowest BCUT2D eigenvalue weighted by Gasteiger charge is -2.26. The zero-order valence-corrected chi connectivity index (χ0v) is 19.0. The molecule has 0 atom stereocenters. The van der Waals surface area contributed by atoms with Gasteiger partial charge in [-0.25, -0.2) is 9.67 Å². The van der Waals surface area contributed by atoms with Crippen molar-refractivity contribution in [2.45, 2.75) is 52.0 Å². The van der Waals surface area contributed by atoms with Crippen molar-refractivity contribution in [3.05, 3.63) is 47.4 Å². The summed E-state index contributed by atoms with van der Waals surface area (Å²) in [5, 5.41) is 20.5. The summed E-state index contributed by atoms with van der Waals surface area (Å²) in [6.07, 6.45) is 0.709. The summed E-state index contributed by atoms with van der Waals surface area (Å²) in [6.45, 7) is 6.19. The van der Waals surface area contributed by atoms with Crippen molar-refractivity contribution >= 4 is 27.5 Å². The second-order valence-corrected chi connectivity index (χ2v) is 8.66. The van der Waals surface area contributed by atoms with Gasteiger partial charge in [0.2, 0.25) is 0 Å². The second kappa shape index (κ2) is 8.50. The molecule has 34 heavy (non-hydrogen) atoms. The zero-order chi connectivity index (χ0) is 24.0. The summed E-state index contributed by atoms with van der Waals surface area (Å²) >= 11 is 0. The SMILES string of the molecule is CCn1ncc2c(NC3CCOCC3)c(Cn3cc4ccc(C(F)(F)F)cc4c3O)c(C)nc21. The van der Waals surface area contributed by atoms with Crippen molar-refractivity contribution in [2.24, 2.45) is 0 Å². The summed E-state index contributed by atoms with van der Waals surface area (Å²) in [5.74, 6) is -0.207. The molecular weight excluding hydrogens is 447 g/mol. The molecule has 3 aromatic heterocycles. The Labute approximate surface area is 194 Å². The van der Waals surface area contributed by atoms with Crippen molar-refractivity contribution in [1.29, 1.82) is 0 Å². The fourth-order valence-electron chi connectivity index (χ4n) is 4.59. The fourth-order valence-corrected chi connectivity index (χ4v) is 4.59. The standard InChI is InChI=1S/C24H26F3N5O2/c1-3-32-22-19(11-28-32)21(30-17-6-8-34-9-7-17)20(14(2)29-22)13-31-12-15-4-5-16(24(25,26)27)10-18(15)23(31)33/h4-5,10-12,17,33H,3,6-9,13H2,1-2H3,(H,29,30). The first kappa shape index (κ1) is 22.5. The summed E-state index contributed by atoms with van der Waals surface area (Å²) in [7, 11) is 0. The van der Waals surface area contributed by atoms with Gasteiger partial charge in [-0.1, -0.05) is 6.07 Å². The van der Waals surface area contributed by atoms with Crippen molar-refractivity contribution in [3.8, 4) is 5.88 Å². The van der Waals surface area contributed by atoms with Gasteiger partial charge in [-0.15, -0.1) is 0 Å². The number of ether oxygens (including phenoxy) is 1. The number of fused-ring (bicyclic) bond motifs is 2. The minimum atomic E-state index is -4.48. The number of alkyl halides is 3. The number of halogens is 3. The lowest BCUT2D eigenvalue weighted by molar-refractivity contribution is -0.137. The Bertz CT molecular complexity index is 1350. The van der Waals surface area contributed by atoms with E-state index in [-0.39, 0.29) is 23.9 Å². The quantitative estimate of drug-likeness (QED) is 0.423. The van der Waals surface area contributed by atoms with Crippen LogP contribution in [-0.2, 0) is 24.0 Å². The summed E-state index contributed by atoms with van der Waals surface area (Å²) < 4.78 is 48.5. The highest BCUT2D eigenvalue weighted by Crippen LogP contribution is 2.37. The molecule has 7 nitrogen and oxygen atoms in total. The number of hydrogen-bond acceptors (Lipinski definition) is 5. The van der Waals surface area contributed by atoms with Gasteiger partial charge in [0.1, 0.15) is 0 Å². The topological polar surface area (TPSA) is 77.1 Å². The van der Waals surface area contributed by atoms with Crippen LogP contribution >= 0.6 is 0 Å². The molecular formula is C24H26F3N5O2. The van der Waals surface area contributed by atoms with Gasteiger partial charge in [0.05, 0.1) is 29.4 Å². The smallest absolute Gasteiger partial charge is 0.416 e. The van der Waals surface area contributed by atoms with Crippen LogP contribution in [0.2, 0.25) is 0 Å². The second-order valence-electron chi connectivity index (χ2n) is 8.66. The molecule has 10 heteroatoms. The molecule has 4 heterocycles. The van der Waals surface area contributed by atoms with E-state index in [9.17, 15) is 18.3 Å². The molecule has 0 amide bonds. The Morgan fingerprint density at radius 2 is 1.97 bits per heavy atom. The first-order valence-electron chi connectivity index (χ1n) is 11.3. The molecule has 4 aromatic rings. The number of pyridine rings is 1. The van der Waals surface area contributed by atoms with Crippen LogP contribution in [0.3, 0.4) is 0 Å². The van der Waals surface area contributed by atoms with Gasteiger partial charge >= 0.3 is 6.18 Å². The molecule has 2 N–H and O–H groups in total. The Morgan fingerprint density at radius 1 is 1.21 bits per heavy atom. The molecule has 0 radical (unpaired) electrons. The van der Waals surface area contributed by atoms with E-state index in [1.54, 1.807) is 17.0 Å². The zero-order valence-electron chi connectivity index (χ0n) is 19.0. The molecule has 1 aliphatic heterocycles. The lowest BCUT2D eigenvalue weighted by Crippen LogP contribution is -2.28. The number of aromatic hydroxyl groups is 1. The molecule has 0 unspecified atom stereocenters. The minimum absolute atomic E-state index is 0.166. The van der Waals surface area contributed by atoms with Gasteiger partial charge < -0.3 is 19.7 Å². The van der Waals surface area contributed by atoms with Gasteiger partial charge in [-0.2, -0.15) is 18.3 Å². The van der Waals surface area contributed by atoms with Crippen molar-refractivity contribution < 1.29 is 23.0 Å². The average molecular weight is 473 g/mol. The number of aromatic nitrogens is 4. The van der Waals surface area contributed by atoms with E-state index >= 15 is 0 Å². The van der Waals surface area contributed by atoms with E-state index in [1.807, 2.05) is 18.5 Å². The normalized spacial score (nSPS) is 15.4. The number of nitrogens with zero attached hydrogens (tertiary/aromatic N) is 4. The van der Waals surface area contributed by atoms with Crippen molar-refractivity contribution in [2.75, 3.05) is 18.5 Å². The van der Waals surface area contributed by atoms with Gasteiger partial charge in [-0.05, 0) is 38.8 Å². The van der Waals surface area contributed by atoms with E-state index in [1.165, 1.54) is 6.07 Å². The van der Waals surface area contributed by atoms with Gasteiger partial charge in [0, 0.05) is 54.0 Å². The predicted octanol–water partition coefficient (Wildman–Crippen LogP) is 5.08. The third-order valence-corrected chi connectivity index (χ3v) is 6.48. The molecule has 0 aliphatic carbocycles. The van der Waals surface area contributed by atoms with Gasteiger partial charge in [-0.3, -0.25) is 0 Å². The molecule has 1 fully saturated rings. The highest BCUT2D eigenvalue weighted by Gasteiger charge is 2.31. The van der Waals surface area contributed by atoms with Crippen molar-refractivity contribution in [3.63, 3.8) is 0 Å². The monoisotopic (exact) mass is 473 g/mol. The summed E-state index contributed by atoms with van der Waals surface area (Å²) in [6, 6.07) is 3.62. The molecule has 0 bridgehead atoms. The fraction of sp³-hybridized carbons (Fsp3) is 0.417. The lowest BCUT2D eigenvalue weighted by atomic mass is 10.0. The van der Waals surface area contributed by atoms with Crippen LogP contribution < -0.4 is 5.32 Å². The molecule has 0 spiro atoms. The van der Waals surface area contributed by atoms with E-state index in [4.69, 9.17) is 9.72 Å². The highest BCUT2D eigenvalue weighted by atomic mass is 19.4. The molecule has 0 saturated carbocycles. The number of rotatable bonds is 5. The Kier molecular flexibility index (Phi) is 5.63. The predicted molar refractivity (Wildman–Crippen MR) is 123 cm³/mol. The molecule has 180 valence electrons. The van der Waals surface area contributed by atoms with Crippen LogP contribution in [0.5, 0.6) is 5.88 Å². The largest absolute Gasteiger partial charge is 0.494 e. The van der Waals surface area contributed by atoms with Gasteiger partial charge in [0.15, 0.2) is 11.5 Å². The van der Waals surface area contributed by atoms with Gasteiger partial charge in [0.25, 0.3) is 0 Å². The first-order valence-corrected chi connectivity index (χ1v) is 11.3. The summed E-state index contributed by atoms with van der Waals surface area (Å²) in [4.78, 5) is 4.78. The highest BCUT2D eigenvalue weighted by molar-refractivity contribution is 5.92. The Hall–Kier alpha value is -3.27. The Morgan fingerprint density at radius 3 is 2.68 bits per heavy atom. The first-order chi connectivity index (χ1) is 16.3.